The number of hydrogen-bond donors (Lipinski definition) is 2. The number of para-hydroxylation sites is 2. The first kappa shape index (κ1) is 20.9. The van der Waals surface area contributed by atoms with Gasteiger partial charge in [-0.3, -0.25) is 4.79 Å². The molecule has 1 aromatic heterocycles. The van der Waals surface area contributed by atoms with Crippen molar-refractivity contribution in [3.8, 4) is 39.7 Å². The summed E-state index contributed by atoms with van der Waals surface area (Å²) < 4.78 is 12.0. The van der Waals surface area contributed by atoms with Crippen molar-refractivity contribution in [1.82, 2.24) is 14.8 Å². The molecule has 2 aromatic carbocycles. The molecule has 0 radical (unpaired) electrons. The van der Waals surface area contributed by atoms with Gasteiger partial charge in [-0.15, -0.1) is 0 Å². The molecule has 2 aliphatic carbocycles. The van der Waals surface area contributed by atoms with E-state index >= 15 is 0 Å². The van der Waals surface area contributed by atoms with Gasteiger partial charge in [-0.1, -0.05) is 36.4 Å². The number of H-pyrrole nitrogens is 1. The molecule has 2 N–H and O–H groups in total. The highest BCUT2D eigenvalue weighted by atomic mass is 16.5. The predicted molar refractivity (Wildman–Crippen MR) is 122 cm³/mol. The number of aromatic nitrogens is 3. The highest BCUT2D eigenvalue weighted by Gasteiger charge is 2.19. The highest BCUT2D eigenvalue weighted by molar-refractivity contribution is 5.91. The molecule has 0 fully saturated rings. The summed E-state index contributed by atoms with van der Waals surface area (Å²) in [6.07, 6.45) is 0. The zero-order valence-corrected chi connectivity index (χ0v) is 17.9. The van der Waals surface area contributed by atoms with Crippen molar-refractivity contribution in [3.05, 3.63) is 77.2 Å². The lowest BCUT2D eigenvalue weighted by Crippen LogP contribution is -2.18. The summed E-state index contributed by atoms with van der Waals surface area (Å²) in [4.78, 5) is 23.9. The van der Waals surface area contributed by atoms with Gasteiger partial charge in [0.05, 0.1) is 31.2 Å². The second-order valence-electron chi connectivity index (χ2n) is 7.03. The molecule has 3 aromatic rings. The maximum Gasteiger partial charge on any atom is 0.348 e. The molecule has 162 valence electrons. The van der Waals surface area contributed by atoms with Crippen molar-refractivity contribution in [2.24, 2.45) is 0 Å². The van der Waals surface area contributed by atoms with Crippen LogP contribution in [0.4, 0.5) is 5.69 Å². The molecule has 32 heavy (non-hydrogen) atoms. The Morgan fingerprint density at radius 1 is 0.969 bits per heavy atom. The van der Waals surface area contributed by atoms with E-state index < -0.39 is 5.69 Å². The second kappa shape index (κ2) is 8.81. The highest BCUT2D eigenvalue weighted by Crippen LogP contribution is 2.33. The van der Waals surface area contributed by atoms with Gasteiger partial charge in [-0.25, -0.2) is 14.5 Å². The SMILES string of the molecule is COc1ccc(-c2n[nH]c(=O)n2-c2ccccc2NC(C)=O)c(OC)c1.c1cc2ccc1-2. The van der Waals surface area contributed by atoms with Crippen LogP contribution in [0.2, 0.25) is 0 Å². The Bertz CT molecular complexity index is 1300. The standard InChI is InChI=1S/C18H18N4O4.C6H4/c1-11(23)19-14-6-4-5-7-15(14)22-17(20-21-18(22)24)13-9-8-12(25-2)10-16(13)26-3;1-2-6-4-3-5(1)6/h4-10H,1-3H3,(H,19,23)(H,21,24);1-4H. The molecular weight excluding hydrogens is 408 g/mol. The summed E-state index contributed by atoms with van der Waals surface area (Å²) in [6, 6.07) is 20.7. The van der Waals surface area contributed by atoms with Crippen LogP contribution in [0.25, 0.3) is 28.2 Å². The van der Waals surface area contributed by atoms with Crippen molar-refractivity contribution in [1.29, 1.82) is 0 Å². The number of hydrogen-bond acceptors (Lipinski definition) is 5. The van der Waals surface area contributed by atoms with Crippen LogP contribution in [-0.4, -0.2) is 34.9 Å². The Kier molecular flexibility index (Phi) is 5.76. The van der Waals surface area contributed by atoms with Gasteiger partial charge >= 0.3 is 5.69 Å². The van der Waals surface area contributed by atoms with E-state index in [1.54, 1.807) is 49.6 Å². The number of ether oxygens (including phenoxy) is 2. The minimum atomic E-state index is -0.435. The average molecular weight is 430 g/mol. The number of anilines is 1. The van der Waals surface area contributed by atoms with E-state index in [1.807, 2.05) is 0 Å². The quantitative estimate of drug-likeness (QED) is 0.441. The summed E-state index contributed by atoms with van der Waals surface area (Å²) in [5.74, 6) is 1.24. The third kappa shape index (κ3) is 3.98. The first-order valence-corrected chi connectivity index (χ1v) is 9.89. The van der Waals surface area contributed by atoms with Gasteiger partial charge < -0.3 is 14.8 Å². The third-order valence-corrected chi connectivity index (χ3v) is 5.00. The number of carbonyl (C=O) groups excluding carboxylic acids is 1. The van der Waals surface area contributed by atoms with Crippen molar-refractivity contribution in [2.75, 3.05) is 19.5 Å². The summed E-state index contributed by atoms with van der Waals surface area (Å²) in [7, 11) is 3.08. The second-order valence-corrected chi connectivity index (χ2v) is 7.03. The van der Waals surface area contributed by atoms with Crippen LogP contribution in [0.5, 0.6) is 11.5 Å². The van der Waals surface area contributed by atoms with E-state index in [0.717, 1.165) is 0 Å². The smallest absolute Gasteiger partial charge is 0.348 e. The summed E-state index contributed by atoms with van der Waals surface area (Å²) >= 11 is 0. The Morgan fingerprint density at radius 2 is 1.66 bits per heavy atom. The van der Waals surface area contributed by atoms with Gasteiger partial charge in [0.2, 0.25) is 5.91 Å². The molecule has 1 amide bonds. The van der Waals surface area contributed by atoms with Crippen molar-refractivity contribution in [3.63, 3.8) is 0 Å². The molecule has 0 saturated heterocycles. The van der Waals surface area contributed by atoms with E-state index in [9.17, 15) is 9.59 Å². The minimum absolute atomic E-state index is 0.238. The molecule has 1 heterocycles. The van der Waals surface area contributed by atoms with Gasteiger partial charge in [-0.2, -0.15) is 5.10 Å². The number of fused-ring (bicyclic) bond motifs is 1. The number of nitrogens with one attached hydrogen (secondary N) is 2. The summed E-state index contributed by atoms with van der Waals surface area (Å²) in [6.45, 7) is 1.41. The van der Waals surface area contributed by atoms with Crippen LogP contribution in [0.15, 0.2) is 71.5 Å². The van der Waals surface area contributed by atoms with E-state index in [1.165, 1.54) is 29.7 Å². The molecule has 0 unspecified atom stereocenters. The molecule has 0 bridgehead atoms. The number of methoxy groups -OCH3 is 2. The topological polar surface area (TPSA) is 98.2 Å². The van der Waals surface area contributed by atoms with E-state index in [4.69, 9.17) is 9.47 Å². The van der Waals surface area contributed by atoms with E-state index in [-0.39, 0.29) is 5.91 Å². The summed E-state index contributed by atoms with van der Waals surface area (Å²) in [5, 5.41) is 9.31. The lowest BCUT2D eigenvalue weighted by atomic mass is 9.95. The van der Waals surface area contributed by atoms with Crippen LogP contribution in [0.3, 0.4) is 0 Å². The van der Waals surface area contributed by atoms with E-state index in [0.29, 0.717) is 34.3 Å². The maximum atomic E-state index is 12.4. The Balaban J connectivity index is 0.000000346. The predicted octanol–water partition coefficient (Wildman–Crippen LogP) is 3.87. The first-order valence-electron chi connectivity index (χ1n) is 9.89. The molecule has 8 nitrogen and oxygen atoms in total. The monoisotopic (exact) mass is 430 g/mol. The number of rotatable bonds is 5. The van der Waals surface area contributed by atoms with Gasteiger partial charge in [0.1, 0.15) is 11.5 Å². The fourth-order valence-corrected chi connectivity index (χ4v) is 3.31. The fraction of sp³-hybridized carbons (Fsp3) is 0.125. The number of amides is 1. The zero-order valence-electron chi connectivity index (χ0n) is 17.9. The van der Waals surface area contributed by atoms with Crippen LogP contribution in [0.1, 0.15) is 6.92 Å². The molecular formula is C24H22N4O4. The Labute approximate surface area is 184 Å². The molecule has 8 heteroatoms. The number of benzene rings is 3. The molecule has 0 saturated carbocycles. The van der Waals surface area contributed by atoms with Gasteiger partial charge in [0.15, 0.2) is 5.82 Å². The number of aromatic amines is 1. The third-order valence-electron chi connectivity index (χ3n) is 5.00. The number of nitrogens with zero attached hydrogens (tertiary/aromatic N) is 2. The van der Waals surface area contributed by atoms with Crippen LogP contribution in [0, 0.1) is 0 Å². The lowest BCUT2D eigenvalue weighted by molar-refractivity contribution is -0.114. The van der Waals surface area contributed by atoms with Crippen molar-refractivity contribution in [2.45, 2.75) is 6.92 Å². The Hall–Kier alpha value is -4.33. The zero-order chi connectivity index (χ0) is 22.7. The van der Waals surface area contributed by atoms with Gasteiger partial charge in [0.25, 0.3) is 0 Å². The number of carbonyl (C=O) groups is 1. The normalized spacial score (nSPS) is 10.6. The maximum absolute atomic E-state index is 12.4. The molecule has 0 spiro atoms. The van der Waals surface area contributed by atoms with Gasteiger partial charge in [0, 0.05) is 13.0 Å². The summed E-state index contributed by atoms with van der Waals surface area (Å²) in [5.41, 5.74) is 4.01. The van der Waals surface area contributed by atoms with Gasteiger partial charge in [-0.05, 0) is 35.4 Å². The van der Waals surface area contributed by atoms with Crippen molar-refractivity contribution < 1.29 is 14.3 Å². The van der Waals surface area contributed by atoms with E-state index in [2.05, 4.69) is 39.8 Å². The van der Waals surface area contributed by atoms with Crippen molar-refractivity contribution >= 4 is 11.6 Å². The van der Waals surface area contributed by atoms with Crippen LogP contribution >= 0.6 is 0 Å². The largest absolute Gasteiger partial charge is 0.497 e. The molecule has 0 aliphatic heterocycles. The lowest BCUT2D eigenvalue weighted by Gasteiger charge is -2.14. The molecule has 0 atom stereocenters. The van der Waals surface area contributed by atoms with Crippen LogP contribution in [-0.2, 0) is 4.79 Å². The fourth-order valence-electron chi connectivity index (χ4n) is 3.31. The molecule has 5 rings (SSSR count). The molecule has 2 aliphatic rings. The Morgan fingerprint density at radius 3 is 2.22 bits per heavy atom. The van der Waals surface area contributed by atoms with Crippen LogP contribution < -0.4 is 20.5 Å². The average Bonchev–Trinajstić information content (AvgIpc) is 3.17. The first-order chi connectivity index (χ1) is 15.5. The minimum Gasteiger partial charge on any atom is -0.497 e.